The maximum atomic E-state index is 14.2. The third-order valence-electron chi connectivity index (χ3n) is 11.3. The molecule has 2 saturated carbocycles. The maximum Gasteiger partial charge on any atom is 0.273 e. The van der Waals surface area contributed by atoms with Gasteiger partial charge in [0.2, 0.25) is 11.7 Å². The molecule has 6 unspecified atom stereocenters. The molecule has 0 spiro atoms. The highest BCUT2D eigenvalue weighted by Gasteiger charge is 2.65. The van der Waals surface area contributed by atoms with Crippen molar-refractivity contribution < 1.29 is 39.0 Å². The molecule has 12 nitrogen and oxygen atoms in total. The zero-order valence-corrected chi connectivity index (χ0v) is 31.6. The van der Waals surface area contributed by atoms with E-state index in [9.17, 15) is 25.1 Å². The zero-order chi connectivity index (χ0) is 38.2. The van der Waals surface area contributed by atoms with Crippen LogP contribution in [-0.2, 0) is 14.4 Å². The number of rotatable bonds is 20. The average molecular weight is 746 g/mol. The lowest BCUT2D eigenvalue weighted by Gasteiger charge is -2.60. The summed E-state index contributed by atoms with van der Waals surface area (Å²) in [4.78, 5) is 33.1. The normalized spacial score (nSPS) is 26.2. The van der Waals surface area contributed by atoms with Crippen LogP contribution in [-0.4, -0.2) is 76.5 Å². The Labute approximate surface area is 318 Å². The number of hydrogen-bond acceptors (Lipinski definition) is 10. The second kappa shape index (κ2) is 17.9. The van der Waals surface area contributed by atoms with Crippen LogP contribution in [0.1, 0.15) is 89.5 Å². The lowest BCUT2D eigenvalue weighted by Crippen LogP contribution is -2.70. The van der Waals surface area contributed by atoms with Gasteiger partial charge in [-0.2, -0.15) is 0 Å². The van der Waals surface area contributed by atoms with Crippen LogP contribution in [0.3, 0.4) is 0 Å². The molecule has 2 N–H and O–H groups in total. The van der Waals surface area contributed by atoms with E-state index in [-0.39, 0.29) is 55.1 Å². The molecule has 1 amide bonds. The Morgan fingerprint density at radius 1 is 1.09 bits per heavy atom. The van der Waals surface area contributed by atoms with E-state index in [0.29, 0.717) is 49.7 Å². The fourth-order valence-electron chi connectivity index (χ4n) is 8.88. The minimum Gasteiger partial charge on any atom is -0.459 e. The molecule has 2 aromatic rings. The Bertz CT molecular complexity index is 1710. The molecule has 6 rings (SSSR count). The van der Waals surface area contributed by atoms with Gasteiger partial charge in [0.05, 0.1) is 29.2 Å². The summed E-state index contributed by atoms with van der Waals surface area (Å²) >= 11 is 0. The monoisotopic (exact) mass is 745 g/mol. The molecular formula is C42H55N3O9. The number of hydrogen-bond donors (Lipinski definition) is 2. The number of nitrogens with zero attached hydrogens (tertiary/aromatic N) is 3. The van der Waals surface area contributed by atoms with Gasteiger partial charge in [-0.25, -0.2) is 0 Å². The molecule has 0 bridgehead atoms. The number of unbranched alkanes of at least 4 members (excludes halogenated alkanes) is 2. The van der Waals surface area contributed by atoms with Gasteiger partial charge in [-0.1, -0.05) is 43.1 Å². The second-order valence-electron chi connectivity index (χ2n) is 14.9. The molecule has 3 aliphatic carbocycles. The van der Waals surface area contributed by atoms with Gasteiger partial charge in [0.25, 0.3) is 5.69 Å². The maximum absolute atomic E-state index is 14.2. The lowest BCUT2D eigenvalue weighted by atomic mass is 9.55. The molecule has 6 atom stereocenters. The molecule has 0 saturated heterocycles. The quantitative estimate of drug-likeness (QED) is 0.0601. The van der Waals surface area contributed by atoms with E-state index >= 15 is 0 Å². The number of aliphatic hydroxyl groups is 2. The van der Waals surface area contributed by atoms with Crippen molar-refractivity contribution in [1.29, 1.82) is 0 Å². The van der Waals surface area contributed by atoms with E-state index < -0.39 is 22.7 Å². The zero-order valence-electron chi connectivity index (χ0n) is 31.6. The van der Waals surface area contributed by atoms with Gasteiger partial charge < -0.3 is 34.2 Å². The number of carbonyl (C=O) groups is 1. The van der Waals surface area contributed by atoms with Crippen molar-refractivity contribution in [3.8, 4) is 17.2 Å². The van der Waals surface area contributed by atoms with Gasteiger partial charge in [0.15, 0.2) is 0 Å². The predicted octanol–water partition coefficient (Wildman–Crippen LogP) is 7.69. The van der Waals surface area contributed by atoms with Gasteiger partial charge in [-0.15, -0.1) is 6.58 Å². The smallest absolute Gasteiger partial charge is 0.273 e. The molecule has 4 aliphatic rings. The molecule has 54 heavy (non-hydrogen) atoms. The second-order valence-corrected chi connectivity index (χ2v) is 14.9. The summed E-state index contributed by atoms with van der Waals surface area (Å²) in [5, 5.41) is 35.9. The van der Waals surface area contributed by atoms with Gasteiger partial charge in [-0.05, 0) is 93.5 Å². The molecule has 0 radical (unpaired) electrons. The number of allylic oxidation sites excluding steroid dienone is 1. The van der Waals surface area contributed by atoms with Crippen LogP contribution in [0.2, 0.25) is 0 Å². The molecule has 12 heteroatoms. The van der Waals surface area contributed by atoms with Gasteiger partial charge in [0, 0.05) is 49.6 Å². The summed E-state index contributed by atoms with van der Waals surface area (Å²) in [7, 11) is 0. The Hall–Kier alpha value is -4.26. The first-order valence-electron chi connectivity index (χ1n) is 19.7. The lowest BCUT2D eigenvalue weighted by molar-refractivity contribution is -0.384. The number of benzene rings is 2. The van der Waals surface area contributed by atoms with Crippen LogP contribution >= 0.6 is 0 Å². The van der Waals surface area contributed by atoms with E-state index in [1.165, 1.54) is 12.1 Å². The van der Waals surface area contributed by atoms with E-state index in [0.717, 1.165) is 61.8 Å². The minimum absolute atomic E-state index is 0.0223. The highest BCUT2D eigenvalue weighted by molar-refractivity contribution is 6.03. The molecule has 292 valence electrons. The average Bonchev–Trinajstić information content (AvgIpc) is 4.03. The van der Waals surface area contributed by atoms with Crippen molar-refractivity contribution in [2.75, 3.05) is 33.0 Å². The first-order valence-corrected chi connectivity index (χ1v) is 19.7. The van der Waals surface area contributed by atoms with Gasteiger partial charge >= 0.3 is 0 Å². The van der Waals surface area contributed by atoms with Crippen molar-refractivity contribution in [1.82, 2.24) is 4.90 Å². The van der Waals surface area contributed by atoms with Crippen LogP contribution < -0.4 is 9.47 Å². The van der Waals surface area contributed by atoms with Gasteiger partial charge in [-0.3, -0.25) is 14.9 Å². The number of ether oxygens (including phenoxy) is 3. The molecule has 1 aliphatic heterocycles. The summed E-state index contributed by atoms with van der Waals surface area (Å²) in [5.41, 5.74) is 2.60. The van der Waals surface area contributed by atoms with Gasteiger partial charge in [0.1, 0.15) is 29.9 Å². The van der Waals surface area contributed by atoms with Crippen LogP contribution in [0.25, 0.3) is 0 Å². The fourth-order valence-corrected chi connectivity index (χ4v) is 8.88. The fraction of sp³-hybridized carbons (Fsp3) is 0.571. The van der Waals surface area contributed by atoms with Crippen molar-refractivity contribution in [2.45, 2.75) is 95.8 Å². The molecule has 0 aromatic heterocycles. The standard InChI is InChI=1S/C42H55N3O9/c1-4-20-44(41(48)28-16-17-28)38-27-36(43-52-6-3)34-24-29(12-7-9-21-46)33(15-8-10-22-47)39-35-26-32(53-31-14-11-13-30(25-31)45(49)50)18-19-37(35)54-42(38,40(34)39)51-23-5-2/h5,11,13-14,18-19,24-26,28-29,33,38-40,46-47H,2,4,6-10,12,15-17,20-23,27H2,1,3H3. The highest BCUT2D eigenvalue weighted by Crippen LogP contribution is 2.62. The topological polar surface area (TPSA) is 153 Å². The van der Waals surface area contributed by atoms with Crippen molar-refractivity contribution in [3.63, 3.8) is 0 Å². The summed E-state index contributed by atoms with van der Waals surface area (Å²) in [5.74, 6) is -0.178. The molecule has 2 aromatic carbocycles. The van der Waals surface area contributed by atoms with Crippen molar-refractivity contribution in [2.24, 2.45) is 28.8 Å². The van der Waals surface area contributed by atoms with Crippen molar-refractivity contribution >= 4 is 17.3 Å². The van der Waals surface area contributed by atoms with E-state index in [2.05, 4.69) is 19.6 Å². The van der Waals surface area contributed by atoms with Crippen LogP contribution in [0.4, 0.5) is 5.69 Å². The van der Waals surface area contributed by atoms with Crippen LogP contribution in [0, 0.1) is 33.8 Å². The minimum atomic E-state index is -1.30. The number of non-ortho nitro benzene ring substituents is 1. The largest absolute Gasteiger partial charge is 0.459 e. The number of nitro benzene ring substituents is 1. The number of nitro groups is 1. The number of fused-ring (bicyclic) bond motifs is 2. The Morgan fingerprint density at radius 2 is 1.85 bits per heavy atom. The predicted molar refractivity (Wildman–Crippen MR) is 204 cm³/mol. The number of carbonyl (C=O) groups excluding carboxylic acids is 1. The Morgan fingerprint density at radius 3 is 2.54 bits per heavy atom. The molecule has 2 fully saturated rings. The van der Waals surface area contributed by atoms with E-state index in [4.69, 9.17) is 24.2 Å². The SMILES string of the molecule is C=CCOC12Oc3ccc(Oc4cccc([N+](=O)[O-])c4)cc3C3C(CCCCO)C(CCCCO)C=C(C(=NOCC)CC1N(CCC)C(=O)C1CC1)C32. The summed E-state index contributed by atoms with van der Waals surface area (Å²) in [6.07, 6.45) is 11.5. The first-order chi connectivity index (χ1) is 26.3. The third kappa shape index (κ3) is 8.21. The first kappa shape index (κ1) is 39.4. The highest BCUT2D eigenvalue weighted by atomic mass is 16.7. The summed E-state index contributed by atoms with van der Waals surface area (Å²) in [6.45, 7) is 9.29. The summed E-state index contributed by atoms with van der Waals surface area (Å²) in [6, 6.07) is 11.3. The molecular weight excluding hydrogens is 690 g/mol. The third-order valence-corrected chi connectivity index (χ3v) is 11.3. The van der Waals surface area contributed by atoms with E-state index in [1.54, 1.807) is 24.3 Å². The van der Waals surface area contributed by atoms with Crippen LogP contribution in [0.15, 0.2) is 71.9 Å². The molecule has 1 heterocycles. The van der Waals surface area contributed by atoms with Crippen molar-refractivity contribution in [3.05, 3.63) is 82.4 Å². The number of oxime groups is 1. The number of aliphatic hydroxyl groups excluding tert-OH is 2. The Kier molecular flexibility index (Phi) is 13.1. The Balaban J connectivity index is 1.57. The van der Waals surface area contributed by atoms with E-state index in [1.807, 2.05) is 24.0 Å². The number of amides is 1. The van der Waals surface area contributed by atoms with Crippen LogP contribution in [0.5, 0.6) is 17.2 Å². The summed E-state index contributed by atoms with van der Waals surface area (Å²) < 4.78 is 20.5.